The third kappa shape index (κ3) is 4.54. The highest BCUT2D eigenvalue weighted by Crippen LogP contribution is 2.26. The third-order valence-electron chi connectivity index (χ3n) is 4.34. The second-order valence-electron chi connectivity index (χ2n) is 7.08. The van der Waals surface area contributed by atoms with Crippen LogP contribution in [0.2, 0.25) is 0 Å². The van der Waals surface area contributed by atoms with Gasteiger partial charge in [-0.1, -0.05) is 5.16 Å². The lowest BCUT2D eigenvalue weighted by atomic mass is 10.2. The number of aromatic nitrogens is 3. The summed E-state index contributed by atoms with van der Waals surface area (Å²) in [4.78, 5) is 25.3. The van der Waals surface area contributed by atoms with Crippen molar-refractivity contribution in [3.8, 4) is 5.88 Å². The monoisotopic (exact) mass is 374 g/mol. The molecule has 9 nitrogen and oxygen atoms in total. The third-order valence-corrected chi connectivity index (χ3v) is 4.34. The number of pyridine rings is 1. The summed E-state index contributed by atoms with van der Waals surface area (Å²) in [6, 6.07) is 1.52. The average Bonchev–Trinajstić information content (AvgIpc) is 3.03. The van der Waals surface area contributed by atoms with Crippen molar-refractivity contribution in [1.82, 2.24) is 24.9 Å². The van der Waals surface area contributed by atoms with Crippen molar-refractivity contribution in [2.75, 3.05) is 32.0 Å². The Morgan fingerprint density at radius 1 is 1.37 bits per heavy atom. The lowest BCUT2D eigenvalue weighted by molar-refractivity contribution is 0.0959. The van der Waals surface area contributed by atoms with Gasteiger partial charge in [-0.25, -0.2) is 9.78 Å². The summed E-state index contributed by atoms with van der Waals surface area (Å²) in [5, 5.41) is 6.79. The van der Waals surface area contributed by atoms with Gasteiger partial charge in [0.05, 0.1) is 6.10 Å². The number of rotatable bonds is 4. The molecule has 0 radical (unpaired) electrons. The van der Waals surface area contributed by atoms with Gasteiger partial charge >= 0.3 is 6.03 Å². The first-order valence-corrected chi connectivity index (χ1v) is 9.03. The van der Waals surface area contributed by atoms with Gasteiger partial charge in [0.25, 0.3) is 0 Å². The van der Waals surface area contributed by atoms with E-state index in [0.717, 1.165) is 5.56 Å². The van der Waals surface area contributed by atoms with E-state index in [0.29, 0.717) is 42.9 Å². The molecule has 1 aliphatic heterocycles. The van der Waals surface area contributed by atoms with Crippen molar-refractivity contribution in [3.63, 3.8) is 0 Å². The molecule has 0 aliphatic carbocycles. The first kappa shape index (κ1) is 19.1. The Kier molecular flexibility index (Phi) is 5.59. The van der Waals surface area contributed by atoms with Crippen LogP contribution in [0.3, 0.4) is 0 Å². The smallest absolute Gasteiger partial charge is 0.322 e. The number of urea groups is 1. The van der Waals surface area contributed by atoms with Crippen LogP contribution in [0.15, 0.2) is 16.8 Å². The Balaban J connectivity index is 1.73. The molecule has 0 bridgehead atoms. The fourth-order valence-corrected chi connectivity index (χ4v) is 2.93. The van der Waals surface area contributed by atoms with Crippen molar-refractivity contribution in [2.45, 2.75) is 39.8 Å². The molecule has 1 atom stereocenters. The number of amides is 2. The van der Waals surface area contributed by atoms with Crippen LogP contribution in [0, 0.1) is 13.8 Å². The topological polar surface area (TPSA) is 96.6 Å². The van der Waals surface area contributed by atoms with E-state index in [4.69, 9.17) is 9.26 Å². The number of hydrogen-bond donors (Lipinski definition) is 1. The van der Waals surface area contributed by atoms with Crippen molar-refractivity contribution in [2.24, 2.45) is 0 Å². The molecule has 3 heterocycles. The van der Waals surface area contributed by atoms with Crippen molar-refractivity contribution >= 4 is 11.7 Å². The highest BCUT2D eigenvalue weighted by Gasteiger charge is 2.32. The maximum Gasteiger partial charge on any atom is 0.322 e. The number of piperazine rings is 1. The molecular weight excluding hydrogens is 348 g/mol. The van der Waals surface area contributed by atoms with Crippen LogP contribution >= 0.6 is 0 Å². The maximum absolute atomic E-state index is 12.9. The summed E-state index contributed by atoms with van der Waals surface area (Å²) >= 11 is 0. The summed E-state index contributed by atoms with van der Waals surface area (Å²) < 4.78 is 11.0. The van der Waals surface area contributed by atoms with Gasteiger partial charge in [-0.2, -0.15) is 4.98 Å². The molecule has 2 aromatic heterocycles. The van der Waals surface area contributed by atoms with E-state index in [9.17, 15) is 4.79 Å². The van der Waals surface area contributed by atoms with Gasteiger partial charge in [0.2, 0.25) is 11.8 Å². The van der Waals surface area contributed by atoms with Crippen LogP contribution in [0.4, 0.5) is 10.5 Å². The zero-order valence-corrected chi connectivity index (χ0v) is 16.4. The fourth-order valence-electron chi connectivity index (χ4n) is 2.93. The molecule has 146 valence electrons. The largest absolute Gasteiger partial charge is 0.473 e. The molecule has 0 aromatic carbocycles. The van der Waals surface area contributed by atoms with Crippen LogP contribution in [-0.4, -0.2) is 63.7 Å². The number of nitrogens with one attached hydrogen (secondary N) is 1. The Hall–Kier alpha value is -2.68. The van der Waals surface area contributed by atoms with E-state index in [1.807, 2.05) is 33.9 Å². The normalized spacial score (nSPS) is 18.0. The quantitative estimate of drug-likeness (QED) is 0.877. The number of nitrogens with zero attached hydrogens (tertiary/aromatic N) is 5. The molecule has 2 aromatic rings. The summed E-state index contributed by atoms with van der Waals surface area (Å²) in [5.74, 6) is 1.52. The lowest BCUT2D eigenvalue weighted by Crippen LogP contribution is -2.50. The van der Waals surface area contributed by atoms with Gasteiger partial charge in [-0.05, 0) is 46.4 Å². The zero-order valence-electron chi connectivity index (χ0n) is 16.4. The molecule has 3 rings (SSSR count). The molecule has 0 unspecified atom stereocenters. The molecule has 1 N–H and O–H groups in total. The first-order chi connectivity index (χ1) is 12.8. The van der Waals surface area contributed by atoms with Crippen LogP contribution in [0.1, 0.15) is 37.2 Å². The van der Waals surface area contributed by atoms with Gasteiger partial charge in [-0.15, -0.1) is 0 Å². The molecule has 0 saturated carbocycles. The van der Waals surface area contributed by atoms with Crippen molar-refractivity contribution in [1.29, 1.82) is 0 Å². The van der Waals surface area contributed by atoms with E-state index in [-0.39, 0.29) is 18.2 Å². The van der Waals surface area contributed by atoms with E-state index in [1.54, 1.807) is 18.0 Å². The van der Waals surface area contributed by atoms with Crippen LogP contribution in [0.5, 0.6) is 5.88 Å². The summed E-state index contributed by atoms with van der Waals surface area (Å²) in [7, 11) is 1.98. The minimum Gasteiger partial charge on any atom is -0.473 e. The molecular formula is C18H26N6O3. The Morgan fingerprint density at radius 3 is 2.81 bits per heavy atom. The number of carbonyl (C=O) groups is 1. The van der Waals surface area contributed by atoms with Crippen LogP contribution in [-0.2, 0) is 0 Å². The number of carbonyl (C=O) groups excluding carboxylic acids is 1. The molecule has 1 fully saturated rings. The summed E-state index contributed by atoms with van der Waals surface area (Å²) in [6.45, 7) is 9.32. The Morgan fingerprint density at radius 2 is 2.15 bits per heavy atom. The molecule has 1 saturated heterocycles. The zero-order chi connectivity index (χ0) is 19.6. The van der Waals surface area contributed by atoms with Gasteiger partial charge in [0.1, 0.15) is 11.7 Å². The Labute approximate surface area is 158 Å². The van der Waals surface area contributed by atoms with E-state index in [2.05, 4.69) is 25.3 Å². The van der Waals surface area contributed by atoms with E-state index < -0.39 is 0 Å². The summed E-state index contributed by atoms with van der Waals surface area (Å²) in [6.07, 6.45) is 1.68. The number of aryl methyl sites for hydroxylation is 2. The average molecular weight is 374 g/mol. The first-order valence-electron chi connectivity index (χ1n) is 9.03. The molecule has 0 spiro atoms. The van der Waals surface area contributed by atoms with Gasteiger partial charge in [0.15, 0.2) is 5.82 Å². The van der Waals surface area contributed by atoms with Crippen LogP contribution < -0.4 is 10.1 Å². The second-order valence-corrected chi connectivity index (χ2v) is 7.08. The SMILES string of the molecule is Cc1cnc(OC(C)C)c(NC(=O)N2CCN(C)[C@H](c3nc(C)no3)C2)c1. The lowest BCUT2D eigenvalue weighted by Gasteiger charge is -2.37. The number of hydrogen-bond acceptors (Lipinski definition) is 7. The summed E-state index contributed by atoms with van der Waals surface area (Å²) in [5.41, 5.74) is 1.51. The fraction of sp³-hybridized carbons (Fsp3) is 0.556. The van der Waals surface area contributed by atoms with Gasteiger partial charge in [0, 0.05) is 25.8 Å². The van der Waals surface area contributed by atoms with Crippen LogP contribution in [0.25, 0.3) is 0 Å². The number of anilines is 1. The van der Waals surface area contributed by atoms with Gasteiger partial charge < -0.3 is 19.5 Å². The number of ether oxygens (including phenoxy) is 1. The standard InChI is InChI=1S/C18H26N6O3/c1-11(2)26-16-14(8-12(3)9-19-16)21-18(25)24-7-6-23(5)15(10-24)17-20-13(4)22-27-17/h8-9,11,15H,6-7,10H2,1-5H3,(H,21,25)/t15-/m0/s1. The van der Waals surface area contributed by atoms with E-state index in [1.165, 1.54) is 0 Å². The van der Waals surface area contributed by atoms with E-state index >= 15 is 0 Å². The molecule has 9 heteroatoms. The Bertz CT molecular complexity index is 806. The van der Waals surface area contributed by atoms with Crippen molar-refractivity contribution in [3.05, 3.63) is 29.5 Å². The molecule has 2 amide bonds. The van der Waals surface area contributed by atoms with Crippen molar-refractivity contribution < 1.29 is 14.1 Å². The number of likely N-dealkylation sites (N-methyl/N-ethyl adjacent to an activating group) is 1. The second kappa shape index (κ2) is 7.91. The molecule has 1 aliphatic rings. The minimum absolute atomic E-state index is 0.0374. The highest BCUT2D eigenvalue weighted by molar-refractivity contribution is 5.90. The van der Waals surface area contributed by atoms with Gasteiger partial charge in [-0.3, -0.25) is 4.90 Å². The molecule has 27 heavy (non-hydrogen) atoms. The maximum atomic E-state index is 12.9. The predicted octanol–water partition coefficient (Wildman–Crippen LogP) is 2.39. The highest BCUT2D eigenvalue weighted by atomic mass is 16.5. The predicted molar refractivity (Wildman–Crippen MR) is 99.7 cm³/mol. The minimum atomic E-state index is -0.203.